The fourth-order valence-electron chi connectivity index (χ4n) is 3.50. The number of nitrogens with one attached hydrogen (secondary N) is 2. The SMILES string of the molecule is OCC[n+]1c(-c2ccccc2)n(CCSC2=[NH+]CCN2)c2ccccc21. The van der Waals surface area contributed by atoms with E-state index in [2.05, 4.69) is 68.0 Å². The first-order valence-corrected chi connectivity index (χ1v) is 10.0. The average Bonchev–Trinajstić information content (AvgIpc) is 3.30. The van der Waals surface area contributed by atoms with Gasteiger partial charge < -0.3 is 5.11 Å². The number of aliphatic hydroxyl groups is 1. The van der Waals surface area contributed by atoms with Crippen molar-refractivity contribution in [3.05, 3.63) is 54.6 Å². The van der Waals surface area contributed by atoms with Crippen LogP contribution in [0.15, 0.2) is 54.6 Å². The molecule has 26 heavy (non-hydrogen) atoms. The van der Waals surface area contributed by atoms with Crippen molar-refractivity contribution >= 4 is 28.0 Å². The summed E-state index contributed by atoms with van der Waals surface area (Å²) >= 11 is 1.83. The predicted molar refractivity (Wildman–Crippen MR) is 106 cm³/mol. The first-order valence-electron chi connectivity index (χ1n) is 9.03. The molecule has 0 unspecified atom stereocenters. The number of hydrogen-bond donors (Lipinski definition) is 3. The Labute approximate surface area is 157 Å². The van der Waals surface area contributed by atoms with Crippen LogP contribution in [0.4, 0.5) is 0 Å². The number of rotatable bonds is 6. The second-order valence-corrected chi connectivity index (χ2v) is 7.34. The van der Waals surface area contributed by atoms with Crippen molar-refractivity contribution in [1.29, 1.82) is 0 Å². The highest BCUT2D eigenvalue weighted by Gasteiger charge is 2.26. The van der Waals surface area contributed by atoms with Gasteiger partial charge in [-0.2, -0.15) is 0 Å². The number of hydrogen-bond acceptors (Lipinski definition) is 3. The standard InChI is InChI=1S/C20H23N4OS/c25-14-12-23-17-8-4-5-9-18(17)24(13-15-26-20-21-10-11-22-20)19(23)16-6-2-1-3-7-16/h1-9,25H,10-15H2,(H,21,22)/q+1/p+1. The molecule has 0 fully saturated rings. The van der Waals surface area contributed by atoms with E-state index < -0.39 is 0 Å². The molecule has 0 saturated carbocycles. The number of fused-ring (bicyclic) bond motifs is 1. The number of amidine groups is 1. The highest BCUT2D eigenvalue weighted by Crippen LogP contribution is 2.24. The van der Waals surface area contributed by atoms with Crippen molar-refractivity contribution < 1.29 is 14.7 Å². The molecule has 0 bridgehead atoms. The van der Waals surface area contributed by atoms with Gasteiger partial charge >= 0.3 is 5.17 Å². The molecule has 0 saturated heterocycles. The summed E-state index contributed by atoms with van der Waals surface area (Å²) in [5, 5.41) is 14.2. The molecule has 0 atom stereocenters. The van der Waals surface area contributed by atoms with Crippen LogP contribution in [0.25, 0.3) is 22.4 Å². The van der Waals surface area contributed by atoms with E-state index in [1.54, 1.807) is 0 Å². The van der Waals surface area contributed by atoms with E-state index in [-0.39, 0.29) is 6.61 Å². The Morgan fingerprint density at radius 1 is 1.12 bits per heavy atom. The van der Waals surface area contributed by atoms with Gasteiger partial charge in [0.2, 0.25) is 0 Å². The molecule has 1 aliphatic rings. The maximum atomic E-state index is 9.63. The van der Waals surface area contributed by atoms with E-state index in [0.717, 1.165) is 36.7 Å². The van der Waals surface area contributed by atoms with Crippen molar-refractivity contribution in [2.24, 2.45) is 0 Å². The molecule has 2 heterocycles. The Bertz CT molecular complexity index is 920. The normalized spacial score (nSPS) is 13.8. The summed E-state index contributed by atoms with van der Waals surface area (Å²) < 4.78 is 4.61. The maximum Gasteiger partial charge on any atom is 0.304 e. The summed E-state index contributed by atoms with van der Waals surface area (Å²) in [6, 6.07) is 18.9. The van der Waals surface area contributed by atoms with Crippen molar-refractivity contribution in [3.63, 3.8) is 0 Å². The predicted octanol–water partition coefficient (Wildman–Crippen LogP) is 0.361. The lowest BCUT2D eigenvalue weighted by Crippen LogP contribution is -2.69. The molecule has 0 spiro atoms. The van der Waals surface area contributed by atoms with Gasteiger partial charge in [0.25, 0.3) is 5.82 Å². The minimum atomic E-state index is 0.124. The van der Waals surface area contributed by atoms with Crippen molar-refractivity contribution in [2.45, 2.75) is 13.1 Å². The molecule has 0 amide bonds. The van der Waals surface area contributed by atoms with E-state index in [1.165, 1.54) is 16.2 Å². The summed E-state index contributed by atoms with van der Waals surface area (Å²) in [7, 11) is 0. The second-order valence-electron chi connectivity index (χ2n) is 6.24. The number of aromatic nitrogens is 2. The Morgan fingerprint density at radius 3 is 2.69 bits per heavy atom. The zero-order valence-electron chi connectivity index (χ0n) is 14.7. The molecule has 1 aromatic heterocycles. The van der Waals surface area contributed by atoms with Crippen molar-refractivity contribution in [3.8, 4) is 11.4 Å². The largest absolute Gasteiger partial charge is 0.392 e. The zero-order chi connectivity index (χ0) is 17.8. The topological polar surface area (TPSA) is 55.0 Å². The molecular weight excluding hydrogens is 344 g/mol. The minimum absolute atomic E-state index is 0.124. The molecule has 0 aliphatic carbocycles. The quantitative estimate of drug-likeness (QED) is 0.551. The Kier molecular flexibility index (Phi) is 5.22. The summed E-state index contributed by atoms with van der Waals surface area (Å²) in [4.78, 5) is 3.37. The van der Waals surface area contributed by atoms with Gasteiger partial charge in [0.1, 0.15) is 26.2 Å². The van der Waals surface area contributed by atoms with E-state index in [9.17, 15) is 5.11 Å². The maximum absolute atomic E-state index is 9.63. The van der Waals surface area contributed by atoms with Gasteiger partial charge in [-0.05, 0) is 36.0 Å². The molecule has 3 aromatic rings. The molecule has 0 radical (unpaired) electrons. The van der Waals surface area contributed by atoms with Crippen LogP contribution in [0.1, 0.15) is 0 Å². The van der Waals surface area contributed by atoms with Crippen LogP contribution in [-0.4, -0.2) is 40.3 Å². The molecular formula is C20H24N4OS+2. The molecule has 5 nitrogen and oxygen atoms in total. The number of para-hydroxylation sites is 2. The second kappa shape index (κ2) is 7.93. The lowest BCUT2D eigenvalue weighted by atomic mass is 10.2. The lowest BCUT2D eigenvalue weighted by Gasteiger charge is -2.05. The summed E-state index contributed by atoms with van der Waals surface area (Å²) in [6.07, 6.45) is 0. The Morgan fingerprint density at radius 2 is 1.92 bits per heavy atom. The lowest BCUT2D eigenvalue weighted by molar-refractivity contribution is -0.662. The van der Waals surface area contributed by atoms with Gasteiger partial charge in [0, 0.05) is 5.75 Å². The summed E-state index contributed by atoms with van der Waals surface area (Å²) in [5.74, 6) is 2.13. The fraction of sp³-hybridized carbons (Fsp3) is 0.300. The molecule has 1 aliphatic heterocycles. The molecule has 2 aromatic carbocycles. The van der Waals surface area contributed by atoms with E-state index in [1.807, 2.05) is 17.8 Å². The van der Waals surface area contributed by atoms with Gasteiger partial charge in [-0.3, -0.25) is 10.3 Å². The van der Waals surface area contributed by atoms with Gasteiger partial charge in [-0.15, -0.1) is 0 Å². The monoisotopic (exact) mass is 368 g/mol. The van der Waals surface area contributed by atoms with Crippen LogP contribution in [-0.2, 0) is 13.1 Å². The molecule has 3 N–H and O–H groups in total. The van der Waals surface area contributed by atoms with Crippen LogP contribution in [0.5, 0.6) is 0 Å². The Hall–Kier alpha value is -2.31. The smallest absolute Gasteiger partial charge is 0.304 e. The van der Waals surface area contributed by atoms with Gasteiger partial charge in [-0.1, -0.05) is 30.3 Å². The van der Waals surface area contributed by atoms with Crippen molar-refractivity contribution in [1.82, 2.24) is 9.88 Å². The molecule has 6 heteroatoms. The highest BCUT2D eigenvalue weighted by atomic mass is 32.2. The third kappa shape index (κ3) is 3.34. The number of aliphatic hydroxyl groups excluding tert-OH is 1. The molecule has 4 rings (SSSR count). The number of nitrogens with zero attached hydrogens (tertiary/aromatic N) is 2. The first-order chi connectivity index (χ1) is 12.9. The van der Waals surface area contributed by atoms with E-state index >= 15 is 0 Å². The average molecular weight is 369 g/mol. The molecule has 134 valence electrons. The fourth-order valence-corrected chi connectivity index (χ4v) is 4.39. The number of imidazole rings is 1. The van der Waals surface area contributed by atoms with Gasteiger partial charge in [-0.25, -0.2) is 9.13 Å². The number of aryl methyl sites for hydroxylation is 1. The third-order valence-electron chi connectivity index (χ3n) is 4.59. The number of benzene rings is 2. The number of thioether (sulfide) groups is 1. The van der Waals surface area contributed by atoms with Gasteiger partial charge in [0.15, 0.2) is 11.0 Å². The highest BCUT2D eigenvalue weighted by molar-refractivity contribution is 8.13. The van der Waals surface area contributed by atoms with Gasteiger partial charge in [0.05, 0.1) is 12.2 Å². The van der Waals surface area contributed by atoms with E-state index in [0.29, 0.717) is 6.54 Å². The first kappa shape index (κ1) is 17.1. The van der Waals surface area contributed by atoms with Crippen LogP contribution in [0, 0.1) is 0 Å². The third-order valence-corrected chi connectivity index (χ3v) is 5.55. The Balaban J connectivity index is 1.75. The van der Waals surface area contributed by atoms with E-state index in [4.69, 9.17) is 0 Å². The van der Waals surface area contributed by atoms with Crippen LogP contribution in [0.2, 0.25) is 0 Å². The van der Waals surface area contributed by atoms with Crippen LogP contribution in [0.3, 0.4) is 0 Å². The summed E-state index contributed by atoms with van der Waals surface area (Å²) in [5.41, 5.74) is 3.54. The van der Waals surface area contributed by atoms with Crippen LogP contribution < -0.4 is 14.9 Å². The van der Waals surface area contributed by atoms with Crippen molar-refractivity contribution in [2.75, 3.05) is 25.4 Å². The summed E-state index contributed by atoms with van der Waals surface area (Å²) in [6.45, 7) is 3.62. The van der Waals surface area contributed by atoms with Crippen LogP contribution >= 0.6 is 11.8 Å². The minimum Gasteiger partial charge on any atom is -0.392 e. The zero-order valence-corrected chi connectivity index (χ0v) is 15.5.